The van der Waals surface area contributed by atoms with Crippen LogP contribution in [0.1, 0.15) is 12.5 Å². The summed E-state index contributed by atoms with van der Waals surface area (Å²) in [6, 6.07) is 4.83. The van der Waals surface area contributed by atoms with Gasteiger partial charge < -0.3 is 15.9 Å². The minimum atomic E-state index is -4.02. The molecule has 19 heavy (non-hydrogen) atoms. The molecule has 0 saturated carbocycles. The SMILES string of the molecule is CC(O)C(N)C(=O)O.Cc1ccc(S(=O)(=O)O)cc1. The van der Waals surface area contributed by atoms with Gasteiger partial charge in [0.05, 0.1) is 11.0 Å². The number of rotatable bonds is 3. The number of hydrogen-bond acceptors (Lipinski definition) is 5. The lowest BCUT2D eigenvalue weighted by Gasteiger charge is -2.06. The van der Waals surface area contributed by atoms with E-state index in [9.17, 15) is 13.2 Å². The molecule has 0 spiro atoms. The van der Waals surface area contributed by atoms with Crippen molar-refractivity contribution < 1.29 is 28.0 Å². The van der Waals surface area contributed by atoms with E-state index in [-0.39, 0.29) is 4.90 Å². The molecule has 5 N–H and O–H groups in total. The van der Waals surface area contributed by atoms with Gasteiger partial charge in [-0.15, -0.1) is 0 Å². The van der Waals surface area contributed by atoms with Gasteiger partial charge in [0.1, 0.15) is 6.04 Å². The van der Waals surface area contributed by atoms with Crippen LogP contribution in [-0.4, -0.2) is 41.3 Å². The normalized spacial score (nSPS) is 13.9. The topological polar surface area (TPSA) is 138 Å². The Kier molecular flexibility index (Phi) is 6.63. The maximum atomic E-state index is 10.5. The second kappa shape index (κ2) is 7.19. The highest BCUT2D eigenvalue weighted by atomic mass is 32.2. The number of hydrogen-bond donors (Lipinski definition) is 4. The second-order valence-corrected chi connectivity index (χ2v) is 5.31. The van der Waals surface area contributed by atoms with E-state index in [2.05, 4.69) is 0 Å². The Balaban J connectivity index is 0.000000362. The van der Waals surface area contributed by atoms with E-state index < -0.39 is 28.2 Å². The van der Waals surface area contributed by atoms with Gasteiger partial charge in [0.25, 0.3) is 10.1 Å². The molecule has 1 aromatic rings. The molecule has 0 aliphatic carbocycles. The first-order chi connectivity index (χ1) is 8.55. The highest BCUT2D eigenvalue weighted by Crippen LogP contribution is 2.08. The Morgan fingerprint density at radius 2 is 1.68 bits per heavy atom. The van der Waals surface area contributed by atoms with Gasteiger partial charge in [0, 0.05) is 0 Å². The predicted molar refractivity (Wildman–Crippen MR) is 68.3 cm³/mol. The first kappa shape index (κ1) is 17.5. The zero-order valence-electron chi connectivity index (χ0n) is 10.5. The number of carbonyl (C=O) groups is 1. The van der Waals surface area contributed by atoms with Gasteiger partial charge >= 0.3 is 5.97 Å². The van der Waals surface area contributed by atoms with Crippen molar-refractivity contribution in [1.29, 1.82) is 0 Å². The molecule has 1 aromatic carbocycles. The lowest BCUT2D eigenvalue weighted by atomic mass is 10.2. The first-order valence-electron chi connectivity index (χ1n) is 5.26. The highest BCUT2D eigenvalue weighted by molar-refractivity contribution is 7.85. The van der Waals surface area contributed by atoms with Crippen LogP contribution in [0.4, 0.5) is 0 Å². The smallest absolute Gasteiger partial charge is 0.323 e. The van der Waals surface area contributed by atoms with Gasteiger partial charge in [-0.2, -0.15) is 8.42 Å². The summed E-state index contributed by atoms with van der Waals surface area (Å²) in [5.41, 5.74) is 5.87. The Hall–Kier alpha value is -1.48. The van der Waals surface area contributed by atoms with Crippen molar-refractivity contribution in [2.75, 3.05) is 0 Å². The summed E-state index contributed by atoms with van der Waals surface area (Å²) in [4.78, 5) is 9.79. The Bertz CT molecular complexity index is 508. The largest absolute Gasteiger partial charge is 0.480 e. The van der Waals surface area contributed by atoms with Gasteiger partial charge in [0.15, 0.2) is 0 Å². The fourth-order valence-electron chi connectivity index (χ4n) is 0.917. The van der Waals surface area contributed by atoms with Crippen molar-refractivity contribution in [3.63, 3.8) is 0 Å². The lowest BCUT2D eigenvalue weighted by Crippen LogP contribution is -2.39. The zero-order valence-corrected chi connectivity index (χ0v) is 11.3. The van der Waals surface area contributed by atoms with E-state index in [0.29, 0.717) is 0 Å². The molecule has 7 nitrogen and oxygen atoms in total. The molecule has 1 rings (SSSR count). The molecule has 2 unspecified atom stereocenters. The molecule has 0 radical (unpaired) electrons. The van der Waals surface area contributed by atoms with E-state index >= 15 is 0 Å². The maximum Gasteiger partial charge on any atom is 0.323 e. The molecule has 0 heterocycles. The molecule has 2 atom stereocenters. The number of benzene rings is 1. The molecule has 0 aromatic heterocycles. The number of nitrogens with two attached hydrogens (primary N) is 1. The number of aryl methyl sites for hydroxylation is 1. The van der Waals surface area contributed by atoms with Crippen molar-refractivity contribution >= 4 is 16.1 Å². The number of carboxylic acid groups (broad SMARTS) is 1. The van der Waals surface area contributed by atoms with Crippen LogP contribution >= 0.6 is 0 Å². The average molecular weight is 291 g/mol. The van der Waals surface area contributed by atoms with Crippen LogP contribution in [0, 0.1) is 6.92 Å². The molecular weight excluding hydrogens is 274 g/mol. The van der Waals surface area contributed by atoms with E-state index in [1.807, 2.05) is 6.92 Å². The van der Waals surface area contributed by atoms with Crippen LogP contribution in [0.5, 0.6) is 0 Å². The van der Waals surface area contributed by atoms with Crippen LogP contribution in [0.15, 0.2) is 29.2 Å². The number of aliphatic hydroxyl groups is 1. The fourth-order valence-corrected chi connectivity index (χ4v) is 1.40. The summed E-state index contributed by atoms with van der Waals surface area (Å²) in [6.45, 7) is 3.17. The first-order valence-corrected chi connectivity index (χ1v) is 6.70. The highest BCUT2D eigenvalue weighted by Gasteiger charge is 2.16. The summed E-state index contributed by atoms with van der Waals surface area (Å²) in [6.07, 6.45) is -0.979. The number of aliphatic carboxylic acids is 1. The van der Waals surface area contributed by atoms with E-state index in [1.54, 1.807) is 12.1 Å². The van der Waals surface area contributed by atoms with E-state index in [0.717, 1.165) is 5.56 Å². The molecule has 0 amide bonds. The van der Waals surface area contributed by atoms with Crippen molar-refractivity contribution in [1.82, 2.24) is 0 Å². The number of aliphatic hydroxyl groups excluding tert-OH is 1. The van der Waals surface area contributed by atoms with Gasteiger partial charge in [0.2, 0.25) is 0 Å². The van der Waals surface area contributed by atoms with Crippen molar-refractivity contribution in [2.24, 2.45) is 5.73 Å². The third-order valence-corrected chi connectivity index (χ3v) is 2.99. The molecular formula is C11H17NO6S. The molecule has 0 fully saturated rings. The van der Waals surface area contributed by atoms with Crippen LogP contribution in [-0.2, 0) is 14.9 Å². The van der Waals surface area contributed by atoms with Crippen LogP contribution in [0.25, 0.3) is 0 Å². The minimum absolute atomic E-state index is 0.0666. The summed E-state index contributed by atoms with van der Waals surface area (Å²) in [5, 5.41) is 16.6. The monoisotopic (exact) mass is 291 g/mol. The van der Waals surface area contributed by atoms with Crippen molar-refractivity contribution in [2.45, 2.75) is 30.9 Å². The summed E-state index contributed by atoms with van der Waals surface area (Å²) >= 11 is 0. The third kappa shape index (κ3) is 6.87. The van der Waals surface area contributed by atoms with E-state index in [4.69, 9.17) is 20.5 Å². The third-order valence-electron chi connectivity index (χ3n) is 2.12. The summed E-state index contributed by atoms with van der Waals surface area (Å²) in [7, 11) is -4.02. The maximum absolute atomic E-state index is 10.5. The molecule has 8 heteroatoms. The standard InChI is InChI=1S/C7H8O3S.C4H9NO3/c1-6-2-4-7(5-3-6)11(8,9)10;1-2(6)3(5)4(7)8/h2-5H,1H3,(H,8,9,10);2-3,6H,5H2,1H3,(H,7,8). The summed E-state index contributed by atoms with van der Waals surface area (Å²) in [5.74, 6) is -1.18. The van der Waals surface area contributed by atoms with Gasteiger partial charge in [-0.25, -0.2) is 0 Å². The zero-order chi connectivity index (χ0) is 15.2. The van der Waals surface area contributed by atoms with Gasteiger partial charge in [-0.1, -0.05) is 17.7 Å². The van der Waals surface area contributed by atoms with E-state index in [1.165, 1.54) is 19.1 Å². The number of carboxylic acids is 1. The lowest BCUT2D eigenvalue weighted by molar-refractivity contribution is -0.140. The Morgan fingerprint density at radius 3 is 1.89 bits per heavy atom. The van der Waals surface area contributed by atoms with Gasteiger partial charge in [-0.3, -0.25) is 9.35 Å². The van der Waals surface area contributed by atoms with Crippen molar-refractivity contribution in [3.8, 4) is 0 Å². The Labute approximate surface area is 111 Å². The molecule has 0 aliphatic heterocycles. The Morgan fingerprint density at radius 1 is 1.26 bits per heavy atom. The minimum Gasteiger partial charge on any atom is -0.480 e. The summed E-state index contributed by atoms with van der Waals surface area (Å²) < 4.78 is 29.6. The molecule has 0 saturated heterocycles. The van der Waals surface area contributed by atoms with Crippen molar-refractivity contribution in [3.05, 3.63) is 29.8 Å². The van der Waals surface area contributed by atoms with Crippen LogP contribution in [0.2, 0.25) is 0 Å². The van der Waals surface area contributed by atoms with Crippen LogP contribution in [0.3, 0.4) is 0 Å². The molecule has 108 valence electrons. The van der Waals surface area contributed by atoms with Gasteiger partial charge in [-0.05, 0) is 26.0 Å². The van der Waals surface area contributed by atoms with Crippen LogP contribution < -0.4 is 5.73 Å². The fraction of sp³-hybridized carbons (Fsp3) is 0.364. The quantitative estimate of drug-likeness (QED) is 0.576. The molecule has 0 aliphatic rings. The average Bonchev–Trinajstić information content (AvgIpc) is 2.27. The second-order valence-electron chi connectivity index (χ2n) is 3.89. The predicted octanol–water partition coefficient (Wildman–Crippen LogP) is 0.0208. The molecule has 0 bridgehead atoms.